The lowest BCUT2D eigenvalue weighted by Gasteiger charge is -2.14. The summed E-state index contributed by atoms with van der Waals surface area (Å²) in [5, 5.41) is 14.0. The van der Waals surface area contributed by atoms with E-state index in [0.717, 1.165) is 15.6 Å². The number of benzene rings is 1. The minimum absolute atomic E-state index is 0.168. The molecule has 108 valence electrons. The molecule has 6 heteroatoms. The van der Waals surface area contributed by atoms with Gasteiger partial charge in [-0.1, -0.05) is 22.0 Å². The van der Waals surface area contributed by atoms with Gasteiger partial charge < -0.3 is 15.7 Å². The van der Waals surface area contributed by atoms with Crippen LogP contribution < -0.4 is 10.6 Å². The van der Waals surface area contributed by atoms with Crippen molar-refractivity contribution < 1.29 is 14.7 Å². The third-order valence-corrected chi connectivity index (χ3v) is 3.95. The molecular formula is C14H17BrN2O3. The van der Waals surface area contributed by atoms with Crippen LogP contribution in [-0.4, -0.2) is 23.1 Å². The molecule has 0 fully saturated rings. The van der Waals surface area contributed by atoms with Crippen LogP contribution in [0.3, 0.4) is 0 Å². The molecule has 0 aromatic heterocycles. The van der Waals surface area contributed by atoms with Gasteiger partial charge in [-0.25, -0.2) is 9.59 Å². The van der Waals surface area contributed by atoms with Gasteiger partial charge in [0.15, 0.2) is 0 Å². The zero-order valence-electron chi connectivity index (χ0n) is 11.4. The summed E-state index contributed by atoms with van der Waals surface area (Å²) in [7, 11) is 0. The summed E-state index contributed by atoms with van der Waals surface area (Å²) in [5.74, 6) is -1.09. The number of carboxylic acid groups (broad SMARTS) is 1. The van der Waals surface area contributed by atoms with E-state index in [-0.39, 0.29) is 6.42 Å². The molecule has 0 aliphatic heterocycles. The van der Waals surface area contributed by atoms with Crippen molar-refractivity contribution in [3.05, 3.63) is 40.4 Å². The summed E-state index contributed by atoms with van der Waals surface area (Å²) in [6, 6.07) is 2.07. The summed E-state index contributed by atoms with van der Waals surface area (Å²) in [6.45, 7) is 7.30. The number of carbonyl (C=O) groups excluding carboxylic acids is 1. The highest BCUT2D eigenvalue weighted by Gasteiger charge is 2.18. The molecule has 1 aromatic rings. The molecule has 0 radical (unpaired) electrons. The molecule has 1 aromatic carbocycles. The lowest BCUT2D eigenvalue weighted by atomic mass is 10.1. The minimum Gasteiger partial charge on any atom is -0.480 e. The number of carbonyl (C=O) groups is 2. The smallest absolute Gasteiger partial charge is 0.326 e. The highest BCUT2D eigenvalue weighted by atomic mass is 79.9. The largest absolute Gasteiger partial charge is 0.480 e. The van der Waals surface area contributed by atoms with Crippen LogP contribution >= 0.6 is 15.9 Å². The summed E-state index contributed by atoms with van der Waals surface area (Å²) in [4.78, 5) is 22.7. The number of carboxylic acids is 1. The molecule has 20 heavy (non-hydrogen) atoms. The first kappa shape index (κ1) is 16.2. The molecule has 0 saturated heterocycles. The van der Waals surface area contributed by atoms with Crippen molar-refractivity contribution >= 4 is 33.6 Å². The van der Waals surface area contributed by atoms with Crippen molar-refractivity contribution in [1.82, 2.24) is 5.32 Å². The van der Waals surface area contributed by atoms with Crippen molar-refractivity contribution in [3.63, 3.8) is 0 Å². The number of rotatable bonds is 5. The minimum atomic E-state index is -1.09. The maximum atomic E-state index is 11.8. The first-order valence-electron chi connectivity index (χ1n) is 6.03. The summed E-state index contributed by atoms with van der Waals surface area (Å²) < 4.78 is 0.985. The number of anilines is 1. The van der Waals surface area contributed by atoms with E-state index in [4.69, 9.17) is 5.11 Å². The third kappa shape index (κ3) is 4.38. The Morgan fingerprint density at radius 3 is 2.40 bits per heavy atom. The highest BCUT2D eigenvalue weighted by molar-refractivity contribution is 9.10. The van der Waals surface area contributed by atoms with E-state index in [1.165, 1.54) is 6.08 Å². The van der Waals surface area contributed by atoms with Crippen LogP contribution in [-0.2, 0) is 4.79 Å². The Morgan fingerprint density at radius 2 is 1.95 bits per heavy atom. The average molecular weight is 341 g/mol. The van der Waals surface area contributed by atoms with Gasteiger partial charge in [-0.15, -0.1) is 6.58 Å². The second-order valence-corrected chi connectivity index (χ2v) is 5.23. The number of aliphatic carboxylic acids is 1. The fraction of sp³-hybridized carbons (Fsp3) is 0.286. The molecule has 0 aliphatic rings. The van der Waals surface area contributed by atoms with E-state index in [0.29, 0.717) is 5.69 Å². The number of urea groups is 1. The summed E-state index contributed by atoms with van der Waals surface area (Å²) in [5.41, 5.74) is 2.59. The van der Waals surface area contributed by atoms with Crippen molar-refractivity contribution in [1.29, 1.82) is 0 Å². The molecule has 1 atom stereocenters. The highest BCUT2D eigenvalue weighted by Crippen LogP contribution is 2.24. The SMILES string of the molecule is C=CCC(NC(=O)Nc1cc(C)c(Br)c(C)c1)C(=O)O. The molecule has 1 rings (SSSR count). The monoisotopic (exact) mass is 340 g/mol. The topological polar surface area (TPSA) is 78.4 Å². The Morgan fingerprint density at radius 1 is 1.40 bits per heavy atom. The molecular weight excluding hydrogens is 324 g/mol. The summed E-state index contributed by atoms with van der Waals surface area (Å²) >= 11 is 3.44. The molecule has 2 amide bonds. The Labute approximate surface area is 126 Å². The lowest BCUT2D eigenvalue weighted by molar-refractivity contribution is -0.139. The number of halogens is 1. The molecule has 0 spiro atoms. The van der Waals surface area contributed by atoms with Gasteiger partial charge in [-0.05, 0) is 43.5 Å². The first-order valence-corrected chi connectivity index (χ1v) is 6.82. The normalized spacial score (nSPS) is 11.6. The molecule has 3 N–H and O–H groups in total. The average Bonchev–Trinajstić information content (AvgIpc) is 2.35. The van der Waals surface area contributed by atoms with Gasteiger partial charge in [0.1, 0.15) is 6.04 Å². The summed E-state index contributed by atoms with van der Waals surface area (Å²) in [6.07, 6.45) is 1.62. The Bertz CT molecular complexity index is 520. The van der Waals surface area contributed by atoms with Gasteiger partial charge in [-0.3, -0.25) is 0 Å². The molecule has 0 heterocycles. The number of amides is 2. The standard InChI is InChI=1S/C14H17BrN2O3/c1-4-5-11(13(18)19)17-14(20)16-10-6-8(2)12(15)9(3)7-10/h4,6-7,11H,1,5H2,2-3H3,(H,18,19)(H2,16,17,20). The maximum Gasteiger partial charge on any atom is 0.326 e. The Kier molecular flexibility index (Phi) is 5.76. The zero-order valence-corrected chi connectivity index (χ0v) is 13.0. The van der Waals surface area contributed by atoms with E-state index in [9.17, 15) is 9.59 Å². The molecule has 5 nitrogen and oxygen atoms in total. The van der Waals surface area contributed by atoms with Crippen LogP contribution in [0.25, 0.3) is 0 Å². The fourth-order valence-corrected chi connectivity index (χ4v) is 1.96. The van der Waals surface area contributed by atoms with Crippen LogP contribution in [0.15, 0.2) is 29.3 Å². The number of hydrogen-bond donors (Lipinski definition) is 3. The van der Waals surface area contributed by atoms with E-state index in [1.807, 2.05) is 13.8 Å². The second-order valence-electron chi connectivity index (χ2n) is 4.44. The van der Waals surface area contributed by atoms with Gasteiger partial charge >= 0.3 is 12.0 Å². The van der Waals surface area contributed by atoms with E-state index < -0.39 is 18.0 Å². The van der Waals surface area contributed by atoms with Crippen LogP contribution in [0.4, 0.5) is 10.5 Å². The maximum absolute atomic E-state index is 11.8. The van der Waals surface area contributed by atoms with Crippen LogP contribution in [0, 0.1) is 13.8 Å². The van der Waals surface area contributed by atoms with Gasteiger partial charge in [0, 0.05) is 10.2 Å². The van der Waals surface area contributed by atoms with Crippen LogP contribution in [0.2, 0.25) is 0 Å². The molecule has 0 saturated carbocycles. The van der Waals surface area contributed by atoms with E-state index in [2.05, 4.69) is 33.1 Å². The second kappa shape index (κ2) is 7.09. The number of aryl methyl sites for hydroxylation is 2. The predicted molar refractivity (Wildman–Crippen MR) is 82.0 cm³/mol. The van der Waals surface area contributed by atoms with Crippen LogP contribution in [0.1, 0.15) is 17.5 Å². The van der Waals surface area contributed by atoms with Crippen molar-refractivity contribution in [2.75, 3.05) is 5.32 Å². The number of hydrogen-bond acceptors (Lipinski definition) is 2. The third-order valence-electron chi connectivity index (χ3n) is 2.70. The fourth-order valence-electron chi connectivity index (χ4n) is 1.73. The van der Waals surface area contributed by atoms with Crippen molar-refractivity contribution in [2.24, 2.45) is 0 Å². The van der Waals surface area contributed by atoms with Crippen LogP contribution in [0.5, 0.6) is 0 Å². The molecule has 0 aliphatic carbocycles. The molecule has 1 unspecified atom stereocenters. The van der Waals surface area contributed by atoms with Gasteiger partial charge in [0.2, 0.25) is 0 Å². The Hall–Kier alpha value is -1.82. The number of nitrogens with one attached hydrogen (secondary N) is 2. The lowest BCUT2D eigenvalue weighted by Crippen LogP contribution is -2.42. The predicted octanol–water partition coefficient (Wildman–Crippen LogP) is 3.22. The molecule has 0 bridgehead atoms. The van der Waals surface area contributed by atoms with Gasteiger partial charge in [0.25, 0.3) is 0 Å². The van der Waals surface area contributed by atoms with Gasteiger partial charge in [0.05, 0.1) is 0 Å². The van der Waals surface area contributed by atoms with E-state index in [1.54, 1.807) is 12.1 Å². The van der Waals surface area contributed by atoms with E-state index >= 15 is 0 Å². The zero-order chi connectivity index (χ0) is 15.3. The quantitative estimate of drug-likeness (QED) is 0.720. The Balaban J connectivity index is 2.75. The first-order chi connectivity index (χ1) is 9.35. The van der Waals surface area contributed by atoms with Gasteiger partial charge in [-0.2, -0.15) is 0 Å². The van der Waals surface area contributed by atoms with Crippen molar-refractivity contribution in [3.8, 4) is 0 Å². The van der Waals surface area contributed by atoms with Crippen molar-refractivity contribution in [2.45, 2.75) is 26.3 Å².